The van der Waals surface area contributed by atoms with E-state index in [4.69, 9.17) is 9.84 Å². The molecule has 0 spiro atoms. The third kappa shape index (κ3) is 0.954. The first-order chi connectivity index (χ1) is 4.15. The number of ether oxygens (including phenoxy) is 1. The predicted octanol–water partition coefficient (Wildman–Crippen LogP) is 0.416. The van der Waals surface area contributed by atoms with Gasteiger partial charge in [0.05, 0.1) is 6.61 Å². The van der Waals surface area contributed by atoms with Crippen molar-refractivity contribution in [1.29, 1.82) is 0 Å². The fourth-order valence-corrected chi connectivity index (χ4v) is 0.675. The lowest BCUT2D eigenvalue weighted by molar-refractivity contribution is -0.154. The van der Waals surface area contributed by atoms with Crippen LogP contribution in [0.25, 0.3) is 0 Å². The molecule has 0 aliphatic carbocycles. The summed E-state index contributed by atoms with van der Waals surface area (Å²) in [4.78, 5) is 10.3. The van der Waals surface area contributed by atoms with E-state index in [2.05, 4.69) is 0 Å². The van der Waals surface area contributed by atoms with E-state index < -0.39 is 11.6 Å². The van der Waals surface area contributed by atoms with Crippen molar-refractivity contribution >= 4 is 5.97 Å². The molecule has 0 bridgehead atoms. The molecule has 0 saturated heterocycles. The Morgan fingerprint density at radius 1 is 1.89 bits per heavy atom. The van der Waals surface area contributed by atoms with Crippen LogP contribution in [-0.2, 0) is 9.53 Å². The monoisotopic (exact) mass is 128 g/mol. The van der Waals surface area contributed by atoms with E-state index in [1.165, 1.54) is 6.92 Å². The van der Waals surface area contributed by atoms with E-state index in [1.807, 2.05) is 0 Å². The molecule has 1 atom stereocenters. The largest absolute Gasteiger partial charge is 0.479 e. The van der Waals surface area contributed by atoms with Crippen LogP contribution < -0.4 is 0 Å². The summed E-state index contributed by atoms with van der Waals surface area (Å²) >= 11 is 0. The van der Waals surface area contributed by atoms with Crippen LogP contribution in [0.2, 0.25) is 0 Å². The molecule has 50 valence electrons. The van der Waals surface area contributed by atoms with Crippen LogP contribution in [0.3, 0.4) is 0 Å². The maximum atomic E-state index is 10.3. The highest BCUT2D eigenvalue weighted by Crippen LogP contribution is 2.17. The molecule has 1 heterocycles. The van der Waals surface area contributed by atoms with Gasteiger partial charge in [-0.3, -0.25) is 0 Å². The molecule has 3 nitrogen and oxygen atoms in total. The molecule has 0 aromatic carbocycles. The van der Waals surface area contributed by atoms with Crippen molar-refractivity contribution in [1.82, 2.24) is 0 Å². The Balaban J connectivity index is 2.74. The smallest absolute Gasteiger partial charge is 0.339 e. The molecule has 3 heteroatoms. The summed E-state index contributed by atoms with van der Waals surface area (Å²) in [7, 11) is 0. The van der Waals surface area contributed by atoms with Crippen molar-refractivity contribution in [3.63, 3.8) is 0 Å². The zero-order valence-corrected chi connectivity index (χ0v) is 5.13. The zero-order chi connectivity index (χ0) is 6.91. The Hall–Kier alpha value is -0.830. The predicted molar refractivity (Wildman–Crippen MR) is 31.1 cm³/mol. The maximum absolute atomic E-state index is 10.3. The summed E-state index contributed by atoms with van der Waals surface area (Å²) in [5, 5.41) is 8.50. The quantitative estimate of drug-likeness (QED) is 0.520. The summed E-state index contributed by atoms with van der Waals surface area (Å²) in [5.74, 6) is -0.934. The average molecular weight is 128 g/mol. The van der Waals surface area contributed by atoms with E-state index in [0.717, 1.165) is 0 Å². The Kier molecular flexibility index (Phi) is 1.29. The summed E-state index contributed by atoms with van der Waals surface area (Å²) in [6.07, 6.45) is 3.25. The van der Waals surface area contributed by atoms with Crippen LogP contribution >= 0.6 is 0 Å². The molecule has 0 radical (unpaired) electrons. The lowest BCUT2D eigenvalue weighted by Crippen LogP contribution is -2.33. The Morgan fingerprint density at radius 3 is 2.78 bits per heavy atom. The number of hydrogen-bond donors (Lipinski definition) is 1. The highest BCUT2D eigenvalue weighted by Gasteiger charge is 2.33. The van der Waals surface area contributed by atoms with Crippen molar-refractivity contribution in [3.05, 3.63) is 12.2 Å². The second kappa shape index (κ2) is 1.84. The van der Waals surface area contributed by atoms with Crippen molar-refractivity contribution in [2.45, 2.75) is 12.5 Å². The van der Waals surface area contributed by atoms with Gasteiger partial charge in [-0.1, -0.05) is 6.08 Å². The van der Waals surface area contributed by atoms with Gasteiger partial charge in [0, 0.05) is 0 Å². The fraction of sp³-hybridized carbons (Fsp3) is 0.500. The van der Waals surface area contributed by atoms with E-state index in [0.29, 0.717) is 6.61 Å². The van der Waals surface area contributed by atoms with Crippen LogP contribution in [0.4, 0.5) is 0 Å². The van der Waals surface area contributed by atoms with Crippen molar-refractivity contribution in [2.75, 3.05) is 6.61 Å². The van der Waals surface area contributed by atoms with Crippen molar-refractivity contribution in [2.24, 2.45) is 0 Å². The standard InChI is InChI=1S/C6H8O3/c1-6(5(7)8)3-2-4-9-6/h2-3H,4H2,1H3,(H,7,8)/t6-/m0/s1. The summed E-state index contributed by atoms with van der Waals surface area (Å²) in [6.45, 7) is 1.93. The maximum Gasteiger partial charge on any atom is 0.339 e. The molecule has 1 aliphatic rings. The van der Waals surface area contributed by atoms with Gasteiger partial charge in [-0.15, -0.1) is 0 Å². The van der Waals surface area contributed by atoms with Gasteiger partial charge in [-0.05, 0) is 13.0 Å². The minimum absolute atomic E-state index is 0.406. The van der Waals surface area contributed by atoms with Gasteiger partial charge >= 0.3 is 5.97 Å². The van der Waals surface area contributed by atoms with Gasteiger partial charge in [0.15, 0.2) is 5.60 Å². The first-order valence-corrected chi connectivity index (χ1v) is 2.70. The SMILES string of the molecule is C[C@@]1(C(=O)O)C=CCO1. The molecular formula is C6H8O3. The molecule has 1 rings (SSSR count). The van der Waals surface area contributed by atoms with Gasteiger partial charge in [0.1, 0.15) is 0 Å². The Morgan fingerprint density at radius 2 is 2.56 bits per heavy atom. The van der Waals surface area contributed by atoms with E-state index in [-0.39, 0.29) is 0 Å². The molecule has 0 aromatic rings. The zero-order valence-electron chi connectivity index (χ0n) is 5.13. The third-order valence-corrected chi connectivity index (χ3v) is 1.34. The van der Waals surface area contributed by atoms with Gasteiger partial charge in [-0.2, -0.15) is 0 Å². The highest BCUT2D eigenvalue weighted by molar-refractivity contribution is 5.80. The minimum Gasteiger partial charge on any atom is -0.479 e. The van der Waals surface area contributed by atoms with Gasteiger partial charge in [0.25, 0.3) is 0 Å². The topological polar surface area (TPSA) is 46.5 Å². The van der Waals surface area contributed by atoms with E-state index in [1.54, 1.807) is 12.2 Å². The first-order valence-electron chi connectivity index (χ1n) is 2.70. The molecule has 0 saturated carbocycles. The Bertz CT molecular complexity index is 162. The van der Waals surface area contributed by atoms with Crippen LogP contribution in [0.5, 0.6) is 0 Å². The van der Waals surface area contributed by atoms with Crippen LogP contribution in [0, 0.1) is 0 Å². The molecule has 1 N–H and O–H groups in total. The van der Waals surface area contributed by atoms with Crippen LogP contribution in [-0.4, -0.2) is 23.3 Å². The van der Waals surface area contributed by atoms with Gasteiger partial charge in [-0.25, -0.2) is 4.79 Å². The first kappa shape index (κ1) is 6.29. The second-order valence-electron chi connectivity index (χ2n) is 2.13. The normalized spacial score (nSPS) is 33.0. The third-order valence-electron chi connectivity index (χ3n) is 1.34. The molecular weight excluding hydrogens is 120 g/mol. The van der Waals surface area contributed by atoms with Crippen molar-refractivity contribution in [3.8, 4) is 0 Å². The minimum atomic E-state index is -1.07. The number of carboxylic acids is 1. The van der Waals surface area contributed by atoms with Crippen molar-refractivity contribution < 1.29 is 14.6 Å². The lowest BCUT2D eigenvalue weighted by Gasteiger charge is -2.14. The fourth-order valence-electron chi connectivity index (χ4n) is 0.675. The number of aliphatic carboxylic acids is 1. The summed E-state index contributed by atoms with van der Waals surface area (Å²) in [6, 6.07) is 0. The molecule has 0 aromatic heterocycles. The molecule has 0 unspecified atom stereocenters. The van der Waals surface area contributed by atoms with E-state index in [9.17, 15) is 4.79 Å². The summed E-state index contributed by atoms with van der Waals surface area (Å²) < 4.78 is 4.89. The second-order valence-corrected chi connectivity index (χ2v) is 2.13. The van der Waals surface area contributed by atoms with Crippen LogP contribution in [0.15, 0.2) is 12.2 Å². The Labute approximate surface area is 52.9 Å². The highest BCUT2D eigenvalue weighted by atomic mass is 16.5. The number of rotatable bonds is 1. The summed E-state index contributed by atoms with van der Waals surface area (Å²) in [5.41, 5.74) is -1.07. The molecule has 9 heavy (non-hydrogen) atoms. The number of hydrogen-bond acceptors (Lipinski definition) is 2. The van der Waals surface area contributed by atoms with Gasteiger partial charge in [0.2, 0.25) is 0 Å². The average Bonchev–Trinajstić information content (AvgIpc) is 2.16. The molecule has 0 fully saturated rings. The van der Waals surface area contributed by atoms with Gasteiger partial charge < -0.3 is 9.84 Å². The van der Waals surface area contributed by atoms with E-state index >= 15 is 0 Å². The molecule has 0 amide bonds. The van der Waals surface area contributed by atoms with Crippen LogP contribution in [0.1, 0.15) is 6.92 Å². The lowest BCUT2D eigenvalue weighted by atomic mass is 10.1. The number of carboxylic acid groups (broad SMARTS) is 1. The molecule has 1 aliphatic heterocycles. The number of carbonyl (C=O) groups is 1.